The van der Waals surface area contributed by atoms with Crippen LogP contribution in [-0.4, -0.2) is 45.9 Å². The van der Waals surface area contributed by atoms with Gasteiger partial charge < -0.3 is 26.0 Å². The van der Waals surface area contributed by atoms with Crippen LogP contribution in [0.1, 0.15) is 25.0 Å². The van der Waals surface area contributed by atoms with Crippen LogP contribution in [0.25, 0.3) is 0 Å². The third-order valence-electron chi connectivity index (χ3n) is 3.96. The van der Waals surface area contributed by atoms with Gasteiger partial charge in [-0.1, -0.05) is 0 Å². The highest BCUT2D eigenvalue weighted by Crippen LogP contribution is 2.28. The van der Waals surface area contributed by atoms with Crippen molar-refractivity contribution in [2.75, 3.05) is 10.6 Å². The van der Waals surface area contributed by atoms with Crippen molar-refractivity contribution in [3.05, 3.63) is 33.9 Å². The minimum atomic E-state index is -4.13. The Morgan fingerprint density at radius 1 is 1.21 bits per heavy atom. The minimum absolute atomic E-state index is 0.0368. The molecule has 1 heterocycles. The van der Waals surface area contributed by atoms with E-state index in [1.807, 2.05) is 0 Å². The van der Waals surface area contributed by atoms with Crippen molar-refractivity contribution >= 4 is 43.4 Å². The molecule has 10 nitrogen and oxygen atoms in total. The van der Waals surface area contributed by atoms with Gasteiger partial charge in [0.05, 0.1) is 34.7 Å². The van der Waals surface area contributed by atoms with Crippen molar-refractivity contribution in [2.45, 2.75) is 44.1 Å². The van der Waals surface area contributed by atoms with Crippen LogP contribution in [-0.2, 0) is 23.2 Å². The molecule has 0 aliphatic carbocycles. The molecule has 0 radical (unpaired) electrons. The Labute approximate surface area is 171 Å². The normalized spacial score (nSPS) is 13.8. The van der Waals surface area contributed by atoms with Gasteiger partial charge in [-0.3, -0.25) is 0 Å². The van der Waals surface area contributed by atoms with Crippen LogP contribution in [0.3, 0.4) is 0 Å². The van der Waals surface area contributed by atoms with Crippen LogP contribution in [0.15, 0.2) is 27.7 Å². The number of nitrogens with two attached hydrogens (primary N) is 1. The summed E-state index contributed by atoms with van der Waals surface area (Å²) in [4.78, 5) is 8.13. The molecule has 0 saturated carbocycles. The van der Waals surface area contributed by atoms with E-state index in [-0.39, 0.29) is 28.0 Å². The van der Waals surface area contributed by atoms with Gasteiger partial charge in [0.25, 0.3) is 0 Å². The monoisotopic (exact) mass is 475 g/mol. The van der Waals surface area contributed by atoms with Crippen LogP contribution in [0.2, 0.25) is 0 Å². The topological polar surface area (TPSA) is 171 Å². The second-order valence-corrected chi connectivity index (χ2v) is 8.53. The lowest BCUT2D eigenvalue weighted by molar-refractivity contribution is 0.177. The van der Waals surface area contributed by atoms with Gasteiger partial charge in [0.1, 0.15) is 5.82 Å². The Morgan fingerprint density at radius 2 is 1.79 bits per heavy atom. The molecule has 0 bridgehead atoms. The van der Waals surface area contributed by atoms with Gasteiger partial charge in [0, 0.05) is 11.9 Å². The largest absolute Gasteiger partial charge is 0.392 e. The third-order valence-corrected chi connectivity index (χ3v) is 5.63. The summed E-state index contributed by atoms with van der Waals surface area (Å²) in [5.74, 6) is 0.622. The molecule has 0 unspecified atom stereocenters. The fraction of sp³-hybridized carbons (Fsp3) is 0.375. The first kappa shape index (κ1) is 22.5. The van der Waals surface area contributed by atoms with Crippen LogP contribution in [0, 0.1) is 0 Å². The van der Waals surface area contributed by atoms with E-state index < -0.39 is 29.3 Å². The smallest absolute Gasteiger partial charge is 0.238 e. The molecular formula is C16H22BrN5O5S. The van der Waals surface area contributed by atoms with Crippen molar-refractivity contribution in [3.63, 3.8) is 0 Å². The van der Waals surface area contributed by atoms with Crippen LogP contribution < -0.4 is 15.8 Å². The Morgan fingerprint density at radius 3 is 2.25 bits per heavy atom. The van der Waals surface area contributed by atoms with E-state index in [2.05, 4.69) is 36.5 Å². The lowest BCUT2D eigenvalue weighted by Crippen LogP contribution is -2.28. The maximum absolute atomic E-state index is 11.8. The van der Waals surface area contributed by atoms with E-state index in [1.165, 1.54) is 18.3 Å². The van der Waals surface area contributed by atoms with Crippen molar-refractivity contribution in [2.24, 2.45) is 5.14 Å². The van der Waals surface area contributed by atoms with Crippen molar-refractivity contribution in [3.8, 4) is 0 Å². The van der Waals surface area contributed by atoms with E-state index in [4.69, 9.17) is 5.14 Å². The molecular weight excluding hydrogens is 454 g/mol. The molecule has 0 aliphatic rings. The zero-order valence-electron chi connectivity index (χ0n) is 15.2. The summed E-state index contributed by atoms with van der Waals surface area (Å²) in [5.41, 5.74) is 0.432. The highest BCUT2D eigenvalue weighted by molar-refractivity contribution is 9.10. The number of nitrogens with one attached hydrogen (secondary N) is 2. The number of aliphatic hydroxyl groups is 3. The number of hydrogen-bond donors (Lipinski definition) is 6. The van der Waals surface area contributed by atoms with Gasteiger partial charge >= 0.3 is 0 Å². The van der Waals surface area contributed by atoms with E-state index in [0.717, 1.165) is 0 Å². The van der Waals surface area contributed by atoms with Crippen LogP contribution in [0.4, 0.5) is 17.5 Å². The number of nitrogens with zero attached hydrogens (tertiary/aromatic N) is 2. The molecule has 154 valence electrons. The standard InChI is InChI=1S/C16H22BrN5O5S/c1-8(9(2)25)20-15-13(17)5-19-16(22-15)21-12-3-10(6-23)14(28(18,26)27)11(4-12)7-24/h3-5,8-9,23-25H,6-7H2,1-2H3,(H2,18,26,27)(H2,19,20,21,22)/t8-,9-/m1/s1. The summed E-state index contributed by atoms with van der Waals surface area (Å²) in [6, 6.07) is 2.50. The fourth-order valence-corrected chi connectivity index (χ4v) is 3.70. The highest BCUT2D eigenvalue weighted by atomic mass is 79.9. The third kappa shape index (κ3) is 5.37. The molecule has 7 N–H and O–H groups in total. The molecule has 1 aromatic carbocycles. The second kappa shape index (κ2) is 9.11. The lowest BCUT2D eigenvalue weighted by Gasteiger charge is -2.19. The quantitative estimate of drug-likeness (QED) is 0.322. The average Bonchev–Trinajstić information content (AvgIpc) is 2.62. The van der Waals surface area contributed by atoms with Gasteiger partial charge in [-0.2, -0.15) is 4.98 Å². The molecule has 28 heavy (non-hydrogen) atoms. The van der Waals surface area contributed by atoms with Gasteiger partial charge in [0.15, 0.2) is 0 Å². The summed E-state index contributed by atoms with van der Waals surface area (Å²) < 4.78 is 24.1. The summed E-state index contributed by atoms with van der Waals surface area (Å²) in [7, 11) is -4.13. The van der Waals surface area contributed by atoms with Crippen LogP contribution in [0.5, 0.6) is 0 Å². The number of benzene rings is 1. The zero-order valence-corrected chi connectivity index (χ0v) is 17.6. The first-order chi connectivity index (χ1) is 13.1. The number of hydrogen-bond acceptors (Lipinski definition) is 9. The number of halogens is 1. The maximum Gasteiger partial charge on any atom is 0.238 e. The number of anilines is 3. The van der Waals surface area contributed by atoms with E-state index in [0.29, 0.717) is 16.0 Å². The summed E-state index contributed by atoms with van der Waals surface area (Å²) in [6.07, 6.45) is 0.897. The van der Waals surface area contributed by atoms with E-state index in [1.54, 1.807) is 13.8 Å². The Balaban J connectivity index is 2.41. The number of sulfonamides is 1. The number of aromatic nitrogens is 2. The molecule has 1 aromatic heterocycles. The molecule has 0 fully saturated rings. The zero-order chi connectivity index (χ0) is 21.1. The Kier molecular flexibility index (Phi) is 7.31. The number of rotatable bonds is 8. The summed E-state index contributed by atoms with van der Waals surface area (Å²) in [5, 5.41) is 39.8. The molecule has 0 spiro atoms. The summed E-state index contributed by atoms with van der Waals surface area (Å²) >= 11 is 3.33. The van der Waals surface area contributed by atoms with Gasteiger partial charge in [-0.15, -0.1) is 0 Å². The number of primary sulfonamides is 1. The SMILES string of the molecule is C[C@@H](O)[C@@H](C)Nc1nc(Nc2cc(CO)c(S(N)(=O)=O)c(CO)c2)ncc1Br. The minimum Gasteiger partial charge on any atom is -0.392 e. The van der Waals surface area contributed by atoms with Crippen LogP contribution >= 0.6 is 15.9 Å². The number of aliphatic hydroxyl groups excluding tert-OH is 3. The lowest BCUT2D eigenvalue weighted by atomic mass is 10.1. The highest BCUT2D eigenvalue weighted by Gasteiger charge is 2.20. The molecule has 0 amide bonds. The van der Waals surface area contributed by atoms with Gasteiger partial charge in [0.2, 0.25) is 16.0 Å². The Hall–Kier alpha value is -1.83. The molecule has 2 atom stereocenters. The fourth-order valence-electron chi connectivity index (χ4n) is 2.42. The van der Waals surface area contributed by atoms with Gasteiger partial charge in [-0.25, -0.2) is 18.5 Å². The summed E-state index contributed by atoms with van der Waals surface area (Å²) in [6.45, 7) is 2.26. The molecule has 12 heteroatoms. The second-order valence-electron chi connectivity index (χ2n) is 6.17. The van der Waals surface area contributed by atoms with Crippen molar-refractivity contribution in [1.29, 1.82) is 0 Å². The van der Waals surface area contributed by atoms with E-state index in [9.17, 15) is 23.7 Å². The van der Waals surface area contributed by atoms with Crippen molar-refractivity contribution in [1.82, 2.24) is 9.97 Å². The van der Waals surface area contributed by atoms with E-state index >= 15 is 0 Å². The average molecular weight is 476 g/mol. The molecule has 2 rings (SSSR count). The molecule has 0 aliphatic heterocycles. The Bertz CT molecular complexity index is 929. The first-order valence-corrected chi connectivity index (χ1v) is 10.5. The molecule has 0 saturated heterocycles. The predicted octanol–water partition coefficient (Wildman–Crippen LogP) is 0.796. The first-order valence-electron chi connectivity index (χ1n) is 8.21. The van der Waals surface area contributed by atoms with Crippen molar-refractivity contribution < 1.29 is 23.7 Å². The predicted molar refractivity (Wildman–Crippen MR) is 107 cm³/mol. The molecule has 2 aromatic rings. The van der Waals surface area contributed by atoms with Gasteiger partial charge in [-0.05, 0) is 53.0 Å². The maximum atomic E-state index is 11.8.